The Labute approximate surface area is 222 Å². The topological polar surface area (TPSA) is 139 Å². The van der Waals surface area contributed by atoms with Crippen LogP contribution in [-0.4, -0.2) is 61.1 Å². The van der Waals surface area contributed by atoms with E-state index in [1.165, 1.54) is 5.56 Å². The van der Waals surface area contributed by atoms with E-state index in [4.69, 9.17) is 5.14 Å². The molecule has 2 aliphatic heterocycles. The van der Waals surface area contributed by atoms with Crippen LogP contribution in [0.2, 0.25) is 0 Å². The predicted molar refractivity (Wildman–Crippen MR) is 142 cm³/mol. The number of alkyl halides is 2. The van der Waals surface area contributed by atoms with E-state index in [1.54, 1.807) is 12.1 Å². The minimum atomic E-state index is -4.32. The van der Waals surface area contributed by atoms with E-state index in [0.717, 1.165) is 31.5 Å². The number of aromatic nitrogens is 4. The van der Waals surface area contributed by atoms with Crippen molar-refractivity contribution in [1.29, 1.82) is 0 Å². The Kier molecular flexibility index (Phi) is 8.86. The van der Waals surface area contributed by atoms with Gasteiger partial charge in [-0.25, -0.2) is 22.3 Å². The molecule has 0 amide bonds. The third-order valence-electron chi connectivity index (χ3n) is 7.22. The molecule has 3 aromatic rings. The summed E-state index contributed by atoms with van der Waals surface area (Å²) in [6, 6.07) is 11.3. The van der Waals surface area contributed by atoms with Gasteiger partial charge in [-0.05, 0) is 78.7 Å². The summed E-state index contributed by atoms with van der Waals surface area (Å²) in [5.41, 5.74) is 2.89. The summed E-state index contributed by atoms with van der Waals surface area (Å²) in [6.07, 6.45) is 2.19. The number of hydrogen-bond donors (Lipinski definition) is 4. The first-order chi connectivity index (χ1) is 18.2. The van der Waals surface area contributed by atoms with Crippen molar-refractivity contribution in [1.82, 2.24) is 31.3 Å². The normalized spacial score (nSPS) is 20.0. The smallest absolute Gasteiger partial charge is 0.263 e. The molecule has 0 bridgehead atoms. The highest BCUT2D eigenvalue weighted by Crippen LogP contribution is 2.40. The minimum absolute atomic E-state index is 0.0374. The second kappa shape index (κ2) is 11.9. The van der Waals surface area contributed by atoms with Crippen LogP contribution < -0.4 is 15.8 Å². The van der Waals surface area contributed by atoms with Crippen LogP contribution in [0.1, 0.15) is 50.2 Å². The number of H-pyrrole nitrogens is 1. The summed E-state index contributed by atoms with van der Waals surface area (Å²) in [7, 11) is -4.32. The Morgan fingerprint density at radius 3 is 2.29 bits per heavy atom. The molecule has 9 nitrogen and oxygen atoms in total. The lowest BCUT2D eigenvalue weighted by atomic mass is 9.85. The highest BCUT2D eigenvalue weighted by molar-refractivity contribution is 7.89. The van der Waals surface area contributed by atoms with Crippen molar-refractivity contribution >= 4 is 10.0 Å². The van der Waals surface area contributed by atoms with Gasteiger partial charge in [0.25, 0.3) is 5.92 Å². The number of nitrogens with zero attached hydrogens (tertiary/aromatic N) is 3. The number of piperidine rings is 2. The lowest BCUT2D eigenvalue weighted by Crippen LogP contribution is -2.46. The second-order valence-corrected chi connectivity index (χ2v) is 11.0. The van der Waals surface area contributed by atoms with Gasteiger partial charge in [0.05, 0.1) is 17.0 Å². The van der Waals surface area contributed by atoms with Crippen molar-refractivity contribution in [2.24, 2.45) is 11.1 Å². The zero-order chi connectivity index (χ0) is 27.3. The maximum Gasteiger partial charge on any atom is 0.263 e. The van der Waals surface area contributed by atoms with E-state index in [-0.39, 0.29) is 34.7 Å². The number of tetrazole rings is 1. The van der Waals surface area contributed by atoms with Crippen LogP contribution in [0.15, 0.2) is 41.3 Å². The maximum absolute atomic E-state index is 14.6. The summed E-state index contributed by atoms with van der Waals surface area (Å²) in [5.74, 6) is -3.49. The Morgan fingerprint density at radius 1 is 1.00 bits per heavy atom. The van der Waals surface area contributed by atoms with E-state index >= 15 is 0 Å². The molecule has 1 unspecified atom stereocenters. The first-order valence-electron chi connectivity index (χ1n) is 13.1. The van der Waals surface area contributed by atoms with Crippen LogP contribution in [-0.2, 0) is 16.4 Å². The monoisotopic (exact) mass is 547 g/mol. The molecule has 3 heterocycles. The summed E-state index contributed by atoms with van der Waals surface area (Å²) in [6.45, 7) is 5.94. The molecule has 0 radical (unpaired) electrons. The summed E-state index contributed by atoms with van der Waals surface area (Å²) >= 11 is 0. The number of benzene rings is 2. The fraction of sp³-hybridized carbons (Fsp3) is 0.500. The molecular weight excluding hydrogens is 512 g/mol. The molecule has 2 fully saturated rings. The average molecular weight is 548 g/mol. The number of rotatable bonds is 6. The van der Waals surface area contributed by atoms with E-state index in [2.05, 4.69) is 31.3 Å². The lowest BCUT2D eigenvalue weighted by molar-refractivity contribution is -0.0729. The number of sulfonamides is 1. The van der Waals surface area contributed by atoms with Crippen molar-refractivity contribution < 1.29 is 17.2 Å². The van der Waals surface area contributed by atoms with Crippen LogP contribution in [0.25, 0.3) is 22.5 Å². The molecule has 1 atom stereocenters. The van der Waals surface area contributed by atoms with E-state index < -0.39 is 28.4 Å². The molecule has 38 heavy (non-hydrogen) atoms. The quantitative estimate of drug-likeness (QED) is 0.371. The zero-order valence-corrected chi connectivity index (χ0v) is 22.5. The van der Waals surface area contributed by atoms with Crippen LogP contribution in [0.5, 0.6) is 0 Å². The number of hydrogen-bond acceptors (Lipinski definition) is 7. The second-order valence-electron chi connectivity index (χ2n) is 9.53. The van der Waals surface area contributed by atoms with Gasteiger partial charge in [0, 0.05) is 5.92 Å². The molecule has 2 aliphatic rings. The van der Waals surface area contributed by atoms with Gasteiger partial charge in [0.15, 0.2) is 0 Å². The van der Waals surface area contributed by atoms with Crippen LogP contribution in [0, 0.1) is 5.92 Å². The minimum Gasteiger partial charge on any atom is -0.317 e. The summed E-state index contributed by atoms with van der Waals surface area (Å²) in [4.78, 5) is -0.238. The number of nitrogens with two attached hydrogens (primary N) is 1. The Morgan fingerprint density at radius 2 is 1.68 bits per heavy atom. The Balaban J connectivity index is 0.00000164. The van der Waals surface area contributed by atoms with Gasteiger partial charge in [-0.1, -0.05) is 50.2 Å². The standard InChI is InChI=1S/C24H29F2N7O2S.C2H6/c25-24(26)14-29-12-9-19(24)13-18-5-6-20(21(22(18)36(27,34)35)23-30-32-33-31-23)17-3-1-15(2-4-17)16-7-10-28-11-8-16;1-2/h1-6,16,19,28-29H,7-14H2,(H2,27,34,35)(H,30,31,32,33);1-2H3. The van der Waals surface area contributed by atoms with Gasteiger partial charge in [-0.2, -0.15) is 5.21 Å². The van der Waals surface area contributed by atoms with Gasteiger partial charge in [0.2, 0.25) is 15.8 Å². The molecule has 5 N–H and O–H groups in total. The molecule has 5 rings (SSSR count). The molecule has 206 valence electrons. The summed E-state index contributed by atoms with van der Waals surface area (Å²) < 4.78 is 55.0. The van der Waals surface area contributed by atoms with Gasteiger partial charge in [0.1, 0.15) is 0 Å². The molecule has 0 aliphatic carbocycles. The van der Waals surface area contributed by atoms with Crippen LogP contribution >= 0.6 is 0 Å². The van der Waals surface area contributed by atoms with Gasteiger partial charge >= 0.3 is 0 Å². The number of primary sulfonamides is 1. The molecule has 1 aromatic heterocycles. The van der Waals surface area contributed by atoms with Crippen molar-refractivity contribution in [3.05, 3.63) is 47.5 Å². The Bertz CT molecular complexity index is 1310. The zero-order valence-electron chi connectivity index (χ0n) is 21.7. The molecule has 0 spiro atoms. The van der Waals surface area contributed by atoms with Crippen molar-refractivity contribution in [2.75, 3.05) is 26.2 Å². The molecule has 12 heteroatoms. The highest BCUT2D eigenvalue weighted by Gasteiger charge is 2.42. The molecule has 0 saturated carbocycles. The largest absolute Gasteiger partial charge is 0.317 e. The van der Waals surface area contributed by atoms with Crippen LogP contribution in [0.3, 0.4) is 0 Å². The highest BCUT2D eigenvalue weighted by atomic mass is 32.2. The maximum atomic E-state index is 14.6. The van der Waals surface area contributed by atoms with Gasteiger partial charge in [-0.3, -0.25) is 0 Å². The number of halogens is 2. The number of nitrogens with one attached hydrogen (secondary N) is 3. The third-order valence-corrected chi connectivity index (χ3v) is 8.25. The van der Waals surface area contributed by atoms with Crippen molar-refractivity contribution in [3.8, 4) is 22.5 Å². The first kappa shape index (κ1) is 28.2. The first-order valence-corrected chi connectivity index (χ1v) is 14.6. The average Bonchev–Trinajstić information content (AvgIpc) is 3.46. The van der Waals surface area contributed by atoms with E-state index in [9.17, 15) is 17.2 Å². The Hall–Kier alpha value is -2.80. The van der Waals surface area contributed by atoms with E-state index in [1.807, 2.05) is 38.1 Å². The SMILES string of the molecule is CC.NS(=O)(=O)c1c(CC2CCNCC2(F)F)ccc(-c2ccc(C3CCNCC3)cc2)c1-c1nn[nH]n1. The van der Waals surface area contributed by atoms with Crippen molar-refractivity contribution in [3.63, 3.8) is 0 Å². The fourth-order valence-corrected chi connectivity index (χ4v) is 6.34. The lowest BCUT2D eigenvalue weighted by Gasteiger charge is -2.32. The third kappa shape index (κ3) is 6.09. The predicted octanol–water partition coefficient (Wildman–Crippen LogP) is 3.46. The van der Waals surface area contributed by atoms with Crippen LogP contribution in [0.4, 0.5) is 8.78 Å². The molecule has 2 aromatic carbocycles. The summed E-state index contributed by atoms with van der Waals surface area (Å²) in [5, 5.41) is 25.7. The molecular formula is C26H35F2N7O2S. The van der Waals surface area contributed by atoms with Crippen molar-refractivity contribution in [2.45, 2.75) is 56.3 Å². The van der Waals surface area contributed by atoms with Gasteiger partial charge < -0.3 is 10.6 Å². The van der Waals surface area contributed by atoms with Gasteiger partial charge in [-0.15, -0.1) is 10.2 Å². The number of aromatic amines is 1. The van der Waals surface area contributed by atoms with E-state index in [0.29, 0.717) is 18.0 Å². The molecule has 2 saturated heterocycles. The fourth-order valence-electron chi connectivity index (χ4n) is 5.34.